The van der Waals surface area contributed by atoms with Crippen LogP contribution in [0.25, 0.3) is 5.76 Å². The van der Waals surface area contributed by atoms with Crippen LogP contribution < -0.4 is 4.74 Å². The number of hydrogen-bond donors (Lipinski definition) is 1. The maximum atomic E-state index is 13.1. The van der Waals surface area contributed by atoms with Crippen LogP contribution in [0, 0.1) is 0 Å². The van der Waals surface area contributed by atoms with E-state index < -0.39 is 17.7 Å². The van der Waals surface area contributed by atoms with Crippen molar-refractivity contribution in [3.8, 4) is 5.75 Å². The van der Waals surface area contributed by atoms with Crippen molar-refractivity contribution in [3.63, 3.8) is 0 Å². The van der Waals surface area contributed by atoms with Crippen LogP contribution in [0.5, 0.6) is 5.75 Å². The molecule has 3 aromatic carbocycles. The van der Waals surface area contributed by atoms with Gasteiger partial charge < -0.3 is 14.7 Å². The van der Waals surface area contributed by atoms with Crippen LogP contribution in [0.4, 0.5) is 0 Å². The SMILES string of the molecule is C=CCOc1cccc(C2/C(=C(\O)c3ccccc3)C(=O)C(=O)N2CCc2ccccc2)c1. The van der Waals surface area contributed by atoms with E-state index in [9.17, 15) is 14.7 Å². The Kier molecular flexibility index (Phi) is 6.69. The number of ether oxygens (including phenoxy) is 1. The highest BCUT2D eigenvalue weighted by molar-refractivity contribution is 6.46. The van der Waals surface area contributed by atoms with Crippen molar-refractivity contribution in [2.24, 2.45) is 0 Å². The summed E-state index contributed by atoms with van der Waals surface area (Å²) in [6.07, 6.45) is 2.23. The highest BCUT2D eigenvalue weighted by atomic mass is 16.5. The second-order valence-corrected chi connectivity index (χ2v) is 7.77. The topological polar surface area (TPSA) is 66.8 Å². The maximum Gasteiger partial charge on any atom is 0.295 e. The monoisotopic (exact) mass is 439 g/mol. The van der Waals surface area contributed by atoms with Gasteiger partial charge >= 0.3 is 0 Å². The summed E-state index contributed by atoms with van der Waals surface area (Å²) < 4.78 is 5.67. The molecule has 3 aromatic rings. The molecule has 1 amide bonds. The first-order chi connectivity index (χ1) is 16.1. The third-order valence-electron chi connectivity index (χ3n) is 5.61. The van der Waals surface area contributed by atoms with Gasteiger partial charge in [-0.2, -0.15) is 0 Å². The third kappa shape index (κ3) is 4.72. The first kappa shape index (κ1) is 22.1. The van der Waals surface area contributed by atoms with Crippen molar-refractivity contribution < 1.29 is 19.4 Å². The highest BCUT2D eigenvalue weighted by Crippen LogP contribution is 2.40. The van der Waals surface area contributed by atoms with E-state index in [1.54, 1.807) is 42.5 Å². The standard InChI is InChI=1S/C28H25NO4/c1-2-18-33-23-15-9-14-22(19-23)25-24(26(30)21-12-7-4-8-13-21)27(31)28(32)29(25)17-16-20-10-5-3-6-11-20/h2-15,19,25,30H,1,16-18H2/b26-24+. The number of hydrogen-bond acceptors (Lipinski definition) is 4. The summed E-state index contributed by atoms with van der Waals surface area (Å²) in [6.45, 7) is 4.34. The van der Waals surface area contributed by atoms with Crippen LogP contribution in [0.1, 0.15) is 22.7 Å². The van der Waals surface area contributed by atoms with Crippen molar-refractivity contribution in [2.45, 2.75) is 12.5 Å². The van der Waals surface area contributed by atoms with Gasteiger partial charge in [0.1, 0.15) is 18.1 Å². The Balaban J connectivity index is 1.78. The van der Waals surface area contributed by atoms with Crippen molar-refractivity contribution in [1.82, 2.24) is 4.90 Å². The summed E-state index contributed by atoms with van der Waals surface area (Å²) in [5, 5.41) is 11.1. The maximum absolute atomic E-state index is 13.1. The largest absolute Gasteiger partial charge is 0.507 e. The Labute approximate surface area is 193 Å². The molecule has 0 radical (unpaired) electrons. The van der Waals surface area contributed by atoms with E-state index in [0.717, 1.165) is 5.56 Å². The molecule has 1 fully saturated rings. The van der Waals surface area contributed by atoms with E-state index >= 15 is 0 Å². The number of carbonyl (C=O) groups is 2. The highest BCUT2D eigenvalue weighted by Gasteiger charge is 2.45. The summed E-state index contributed by atoms with van der Waals surface area (Å²) in [4.78, 5) is 27.8. The Bertz CT molecular complexity index is 1180. The van der Waals surface area contributed by atoms with E-state index in [1.807, 2.05) is 48.5 Å². The molecule has 0 bridgehead atoms. The first-order valence-electron chi connectivity index (χ1n) is 10.8. The summed E-state index contributed by atoms with van der Waals surface area (Å²) in [5.74, 6) is -0.892. The van der Waals surface area contributed by atoms with Gasteiger partial charge in [-0.05, 0) is 29.7 Å². The molecule has 0 aromatic heterocycles. The molecule has 166 valence electrons. The fraction of sp³-hybridized carbons (Fsp3) is 0.143. The lowest BCUT2D eigenvalue weighted by molar-refractivity contribution is -0.139. The molecular formula is C28H25NO4. The van der Waals surface area contributed by atoms with Gasteiger partial charge in [0, 0.05) is 12.1 Å². The fourth-order valence-electron chi connectivity index (χ4n) is 4.03. The molecule has 1 N–H and O–H groups in total. The van der Waals surface area contributed by atoms with Gasteiger partial charge in [0.15, 0.2) is 0 Å². The van der Waals surface area contributed by atoms with Crippen LogP contribution in [0.3, 0.4) is 0 Å². The predicted molar refractivity (Wildman–Crippen MR) is 128 cm³/mol. The van der Waals surface area contributed by atoms with E-state index in [1.165, 1.54) is 4.90 Å². The summed E-state index contributed by atoms with van der Waals surface area (Å²) in [5.41, 5.74) is 2.33. The van der Waals surface area contributed by atoms with Crippen LogP contribution in [-0.2, 0) is 16.0 Å². The van der Waals surface area contributed by atoms with Gasteiger partial charge in [0.2, 0.25) is 0 Å². The number of Topliss-reactive ketones (excluding diaryl/α,β-unsaturated/α-hetero) is 1. The van der Waals surface area contributed by atoms with Crippen molar-refractivity contribution in [1.29, 1.82) is 0 Å². The zero-order valence-electron chi connectivity index (χ0n) is 18.2. The van der Waals surface area contributed by atoms with E-state index in [-0.39, 0.29) is 11.3 Å². The number of ketones is 1. The third-order valence-corrected chi connectivity index (χ3v) is 5.61. The van der Waals surface area contributed by atoms with Crippen LogP contribution in [0.15, 0.2) is 103 Å². The Morgan fingerprint density at radius 3 is 2.36 bits per heavy atom. The second-order valence-electron chi connectivity index (χ2n) is 7.77. The van der Waals surface area contributed by atoms with Crippen molar-refractivity contribution in [3.05, 3.63) is 120 Å². The van der Waals surface area contributed by atoms with E-state index in [0.29, 0.717) is 36.4 Å². The molecule has 0 spiro atoms. The number of aliphatic hydroxyl groups excluding tert-OH is 1. The minimum Gasteiger partial charge on any atom is -0.507 e. The first-order valence-corrected chi connectivity index (χ1v) is 10.8. The second kappa shape index (κ2) is 10.0. The van der Waals surface area contributed by atoms with Gasteiger partial charge in [-0.1, -0.05) is 85.5 Å². The summed E-state index contributed by atoms with van der Waals surface area (Å²) >= 11 is 0. The molecule has 1 atom stereocenters. The average Bonchev–Trinajstić information content (AvgIpc) is 3.12. The Morgan fingerprint density at radius 2 is 1.67 bits per heavy atom. The number of amides is 1. The van der Waals surface area contributed by atoms with Crippen molar-refractivity contribution in [2.75, 3.05) is 13.2 Å². The van der Waals surface area contributed by atoms with Gasteiger partial charge in [-0.15, -0.1) is 0 Å². The molecule has 1 saturated heterocycles. The van der Waals surface area contributed by atoms with Gasteiger partial charge in [0.25, 0.3) is 11.7 Å². The number of benzene rings is 3. The number of aliphatic hydroxyl groups is 1. The lowest BCUT2D eigenvalue weighted by Gasteiger charge is -2.25. The van der Waals surface area contributed by atoms with E-state index in [4.69, 9.17) is 4.74 Å². The molecule has 0 saturated carbocycles. The predicted octanol–water partition coefficient (Wildman–Crippen LogP) is 4.92. The summed E-state index contributed by atoms with van der Waals surface area (Å²) in [7, 11) is 0. The van der Waals surface area contributed by atoms with Gasteiger partial charge in [-0.3, -0.25) is 9.59 Å². The molecule has 5 nitrogen and oxygen atoms in total. The molecule has 0 aliphatic carbocycles. The quantitative estimate of drug-likeness (QED) is 0.234. The van der Waals surface area contributed by atoms with Gasteiger partial charge in [-0.25, -0.2) is 0 Å². The van der Waals surface area contributed by atoms with Crippen LogP contribution >= 0.6 is 0 Å². The minimum absolute atomic E-state index is 0.0835. The zero-order valence-corrected chi connectivity index (χ0v) is 18.2. The number of likely N-dealkylation sites (tertiary alicyclic amines) is 1. The van der Waals surface area contributed by atoms with Gasteiger partial charge in [0.05, 0.1) is 11.6 Å². The van der Waals surface area contributed by atoms with Crippen LogP contribution in [-0.4, -0.2) is 34.8 Å². The Morgan fingerprint density at radius 1 is 0.970 bits per heavy atom. The molecule has 1 aliphatic rings. The van der Waals surface area contributed by atoms with E-state index in [2.05, 4.69) is 6.58 Å². The minimum atomic E-state index is -0.721. The number of rotatable bonds is 8. The molecular weight excluding hydrogens is 414 g/mol. The van der Waals surface area contributed by atoms with Crippen LogP contribution in [0.2, 0.25) is 0 Å². The molecule has 33 heavy (non-hydrogen) atoms. The molecule has 5 heteroatoms. The summed E-state index contributed by atoms with van der Waals surface area (Å²) in [6, 6.07) is 25.1. The smallest absolute Gasteiger partial charge is 0.295 e. The normalized spacial score (nSPS) is 17.2. The molecule has 1 unspecified atom stereocenters. The fourth-order valence-corrected chi connectivity index (χ4v) is 4.03. The lowest BCUT2D eigenvalue weighted by Crippen LogP contribution is -2.31. The zero-order chi connectivity index (χ0) is 23.2. The molecule has 1 heterocycles. The molecule has 4 rings (SSSR count). The average molecular weight is 440 g/mol. The molecule has 1 aliphatic heterocycles. The number of carbonyl (C=O) groups excluding carboxylic acids is 2. The lowest BCUT2D eigenvalue weighted by atomic mass is 9.95. The number of nitrogens with zero attached hydrogens (tertiary/aromatic N) is 1. The van der Waals surface area contributed by atoms with Crippen molar-refractivity contribution >= 4 is 17.4 Å². The Hall–Kier alpha value is -4.12.